The van der Waals surface area contributed by atoms with Crippen LogP contribution in [0.3, 0.4) is 0 Å². The number of hydrogen-bond acceptors (Lipinski definition) is 5. The molecule has 0 fully saturated rings. The van der Waals surface area contributed by atoms with E-state index >= 15 is 0 Å². The number of nitrogens with one attached hydrogen (secondary N) is 1. The molecule has 3 aromatic carbocycles. The zero-order valence-corrected chi connectivity index (χ0v) is 16.9. The topological polar surface area (TPSA) is 88.1 Å². The van der Waals surface area contributed by atoms with Gasteiger partial charge in [0.15, 0.2) is 0 Å². The Hall–Kier alpha value is -3.39. The molecule has 0 aromatic heterocycles. The number of carbonyl (C=O) groups excluding carboxylic acids is 1. The van der Waals surface area contributed by atoms with Gasteiger partial charge in [0.2, 0.25) is 10.0 Å². The monoisotopic (exact) mass is 411 g/mol. The van der Waals surface area contributed by atoms with Crippen LogP contribution in [0, 0.1) is 0 Å². The van der Waals surface area contributed by atoms with Crippen molar-refractivity contribution in [2.24, 2.45) is 5.10 Å². The summed E-state index contributed by atoms with van der Waals surface area (Å²) < 4.78 is 31.0. The molecule has 0 aliphatic rings. The van der Waals surface area contributed by atoms with Crippen molar-refractivity contribution < 1.29 is 17.9 Å². The molecule has 1 N–H and O–H groups in total. The first-order chi connectivity index (χ1) is 13.9. The molecule has 0 saturated carbocycles. The van der Waals surface area contributed by atoms with Crippen LogP contribution >= 0.6 is 0 Å². The van der Waals surface area contributed by atoms with Gasteiger partial charge < -0.3 is 4.74 Å². The number of fused-ring (bicyclic) bond motifs is 1. The van der Waals surface area contributed by atoms with Crippen molar-refractivity contribution in [3.05, 3.63) is 72.3 Å². The SMILES string of the molecule is COc1cccc(/C=N\NC(=O)CN(c2cccc3ccccc23)S(C)(=O)=O)c1. The van der Waals surface area contributed by atoms with Gasteiger partial charge in [0.25, 0.3) is 5.91 Å². The lowest BCUT2D eigenvalue weighted by molar-refractivity contribution is -0.119. The van der Waals surface area contributed by atoms with Gasteiger partial charge >= 0.3 is 0 Å². The molecular weight excluding hydrogens is 390 g/mol. The highest BCUT2D eigenvalue weighted by molar-refractivity contribution is 7.92. The van der Waals surface area contributed by atoms with E-state index in [0.717, 1.165) is 26.9 Å². The van der Waals surface area contributed by atoms with Crippen LogP contribution in [0.25, 0.3) is 10.8 Å². The third-order valence-corrected chi connectivity index (χ3v) is 5.35. The molecule has 3 rings (SSSR count). The quantitative estimate of drug-likeness (QED) is 0.478. The van der Waals surface area contributed by atoms with E-state index in [2.05, 4.69) is 10.5 Å². The van der Waals surface area contributed by atoms with Gasteiger partial charge in [0.1, 0.15) is 12.3 Å². The number of carbonyl (C=O) groups is 1. The molecule has 0 bridgehead atoms. The van der Waals surface area contributed by atoms with Crippen molar-refractivity contribution >= 4 is 38.6 Å². The normalized spacial score (nSPS) is 11.5. The predicted molar refractivity (Wildman–Crippen MR) is 115 cm³/mol. The van der Waals surface area contributed by atoms with E-state index in [1.165, 1.54) is 6.21 Å². The molecule has 0 aliphatic heterocycles. The molecule has 1 amide bonds. The van der Waals surface area contributed by atoms with Gasteiger partial charge in [0, 0.05) is 5.39 Å². The molecule has 150 valence electrons. The molecular formula is C21H21N3O4S. The first-order valence-electron chi connectivity index (χ1n) is 8.80. The van der Waals surface area contributed by atoms with E-state index in [1.807, 2.05) is 30.3 Å². The molecule has 0 aliphatic carbocycles. The smallest absolute Gasteiger partial charge is 0.260 e. The lowest BCUT2D eigenvalue weighted by atomic mass is 10.1. The van der Waals surface area contributed by atoms with Crippen LogP contribution in [0.15, 0.2) is 71.8 Å². The molecule has 0 unspecified atom stereocenters. The lowest BCUT2D eigenvalue weighted by Gasteiger charge is -2.23. The molecule has 0 heterocycles. The molecule has 3 aromatic rings. The Morgan fingerprint density at radius 1 is 1.10 bits per heavy atom. The van der Waals surface area contributed by atoms with Crippen molar-refractivity contribution in [3.63, 3.8) is 0 Å². The minimum Gasteiger partial charge on any atom is -0.497 e. The number of benzene rings is 3. The average molecular weight is 411 g/mol. The van der Waals surface area contributed by atoms with E-state index in [0.29, 0.717) is 11.4 Å². The third-order valence-electron chi connectivity index (χ3n) is 4.22. The second kappa shape index (κ2) is 8.74. The second-order valence-corrected chi connectivity index (χ2v) is 8.24. The Kier molecular flexibility index (Phi) is 6.13. The van der Waals surface area contributed by atoms with Crippen molar-refractivity contribution in [1.82, 2.24) is 5.43 Å². The van der Waals surface area contributed by atoms with E-state index in [9.17, 15) is 13.2 Å². The first kappa shape index (κ1) is 20.3. The number of nitrogens with zero attached hydrogens (tertiary/aromatic N) is 2. The van der Waals surface area contributed by atoms with Gasteiger partial charge in [0.05, 0.1) is 25.3 Å². The molecule has 29 heavy (non-hydrogen) atoms. The van der Waals surface area contributed by atoms with Crippen LogP contribution in [-0.4, -0.2) is 40.4 Å². The largest absolute Gasteiger partial charge is 0.497 e. The number of hydrazone groups is 1. The number of hydrogen-bond donors (Lipinski definition) is 1. The summed E-state index contributed by atoms with van der Waals surface area (Å²) in [6.45, 7) is -0.387. The van der Waals surface area contributed by atoms with E-state index < -0.39 is 15.9 Å². The van der Waals surface area contributed by atoms with Gasteiger partial charge in [-0.1, -0.05) is 48.5 Å². The molecule has 0 saturated heterocycles. The fourth-order valence-electron chi connectivity index (χ4n) is 2.87. The summed E-state index contributed by atoms with van der Waals surface area (Å²) in [5.74, 6) is 0.113. The minimum absolute atomic E-state index is 0.387. The Morgan fingerprint density at radius 2 is 1.83 bits per heavy atom. The van der Waals surface area contributed by atoms with Crippen molar-refractivity contribution in [2.45, 2.75) is 0 Å². The number of rotatable bonds is 7. The summed E-state index contributed by atoms with van der Waals surface area (Å²) >= 11 is 0. The van der Waals surface area contributed by atoms with Crippen LogP contribution in [0.5, 0.6) is 5.75 Å². The Morgan fingerprint density at radius 3 is 2.59 bits per heavy atom. The Labute approximate surface area is 169 Å². The first-order valence-corrected chi connectivity index (χ1v) is 10.6. The standard InChI is InChI=1S/C21H21N3O4S/c1-28-18-10-5-7-16(13-18)14-22-23-21(25)15-24(29(2,26)27)20-12-6-9-17-8-3-4-11-19(17)20/h3-14H,15H2,1-2H3,(H,23,25)/b22-14-. The summed E-state index contributed by atoms with van der Waals surface area (Å²) in [7, 11) is -2.13. The summed E-state index contributed by atoms with van der Waals surface area (Å²) in [6.07, 6.45) is 2.53. The predicted octanol–water partition coefficient (Wildman–Crippen LogP) is 2.76. The van der Waals surface area contributed by atoms with Gasteiger partial charge in [-0.25, -0.2) is 13.8 Å². The summed E-state index contributed by atoms with van der Waals surface area (Å²) in [5.41, 5.74) is 3.55. The van der Waals surface area contributed by atoms with Crippen LogP contribution in [0.1, 0.15) is 5.56 Å². The fourth-order valence-corrected chi connectivity index (χ4v) is 3.74. The summed E-state index contributed by atoms with van der Waals surface area (Å²) in [4.78, 5) is 12.4. The minimum atomic E-state index is -3.69. The van der Waals surface area contributed by atoms with E-state index in [4.69, 9.17) is 4.74 Å². The second-order valence-electron chi connectivity index (χ2n) is 6.34. The summed E-state index contributed by atoms with van der Waals surface area (Å²) in [5, 5.41) is 5.53. The Bertz CT molecular complexity index is 1150. The number of sulfonamides is 1. The highest BCUT2D eigenvalue weighted by atomic mass is 32.2. The van der Waals surface area contributed by atoms with Crippen molar-refractivity contribution in [3.8, 4) is 5.75 Å². The maximum atomic E-state index is 12.4. The van der Waals surface area contributed by atoms with Crippen LogP contribution in [0.4, 0.5) is 5.69 Å². The Balaban J connectivity index is 1.79. The lowest BCUT2D eigenvalue weighted by Crippen LogP contribution is -2.39. The van der Waals surface area contributed by atoms with E-state index in [1.54, 1.807) is 43.5 Å². The highest BCUT2D eigenvalue weighted by Crippen LogP contribution is 2.28. The zero-order chi connectivity index (χ0) is 20.9. The van der Waals surface area contributed by atoms with Crippen LogP contribution < -0.4 is 14.5 Å². The molecule has 0 atom stereocenters. The maximum Gasteiger partial charge on any atom is 0.260 e. The highest BCUT2D eigenvalue weighted by Gasteiger charge is 2.22. The zero-order valence-electron chi connectivity index (χ0n) is 16.1. The number of anilines is 1. The fraction of sp³-hybridized carbons (Fsp3) is 0.143. The van der Waals surface area contributed by atoms with Crippen LogP contribution in [0.2, 0.25) is 0 Å². The number of ether oxygens (including phenoxy) is 1. The molecule has 7 nitrogen and oxygen atoms in total. The molecule has 0 spiro atoms. The third kappa shape index (κ3) is 5.11. The number of amides is 1. The maximum absolute atomic E-state index is 12.4. The van der Waals surface area contributed by atoms with Crippen molar-refractivity contribution in [2.75, 3.05) is 24.2 Å². The summed E-state index contributed by atoms with van der Waals surface area (Å²) in [6, 6.07) is 19.9. The van der Waals surface area contributed by atoms with Gasteiger partial charge in [-0.15, -0.1) is 0 Å². The molecule has 0 radical (unpaired) electrons. The number of methoxy groups -OCH3 is 1. The molecule has 8 heteroatoms. The average Bonchev–Trinajstić information content (AvgIpc) is 2.71. The van der Waals surface area contributed by atoms with Gasteiger partial charge in [-0.2, -0.15) is 5.10 Å². The van der Waals surface area contributed by atoms with Crippen molar-refractivity contribution in [1.29, 1.82) is 0 Å². The van der Waals surface area contributed by atoms with Crippen LogP contribution in [-0.2, 0) is 14.8 Å². The van der Waals surface area contributed by atoms with Gasteiger partial charge in [-0.05, 0) is 29.1 Å². The van der Waals surface area contributed by atoms with E-state index in [-0.39, 0.29) is 6.54 Å². The van der Waals surface area contributed by atoms with Gasteiger partial charge in [-0.3, -0.25) is 9.10 Å².